The van der Waals surface area contributed by atoms with Gasteiger partial charge in [0.1, 0.15) is 5.54 Å². The van der Waals surface area contributed by atoms with Gasteiger partial charge in [-0.25, -0.2) is 0 Å². The SMILES string of the molecule is CC(C(=O)N1CCOCC1)N1CCCCC1(C)C(=O)O. The van der Waals surface area contributed by atoms with Crippen LogP contribution in [0.2, 0.25) is 0 Å². The Balaban J connectivity index is 2.10. The minimum Gasteiger partial charge on any atom is -0.480 e. The van der Waals surface area contributed by atoms with E-state index in [1.807, 2.05) is 11.8 Å². The minimum absolute atomic E-state index is 0.0164. The molecule has 20 heavy (non-hydrogen) atoms. The van der Waals surface area contributed by atoms with Crippen LogP contribution in [-0.2, 0) is 14.3 Å². The van der Waals surface area contributed by atoms with Gasteiger partial charge in [-0.3, -0.25) is 14.5 Å². The molecule has 2 aliphatic heterocycles. The van der Waals surface area contributed by atoms with E-state index in [2.05, 4.69) is 0 Å². The number of carboxylic acids is 1. The molecule has 0 aromatic carbocycles. The molecule has 0 aromatic rings. The summed E-state index contributed by atoms with van der Waals surface area (Å²) < 4.78 is 5.25. The maximum Gasteiger partial charge on any atom is 0.323 e. The summed E-state index contributed by atoms with van der Waals surface area (Å²) in [5.41, 5.74) is -0.931. The summed E-state index contributed by atoms with van der Waals surface area (Å²) in [5, 5.41) is 9.52. The second kappa shape index (κ2) is 6.10. The van der Waals surface area contributed by atoms with Crippen molar-refractivity contribution in [2.24, 2.45) is 0 Å². The van der Waals surface area contributed by atoms with Crippen LogP contribution in [0.15, 0.2) is 0 Å². The highest BCUT2D eigenvalue weighted by Gasteiger charge is 2.45. The topological polar surface area (TPSA) is 70.1 Å². The highest BCUT2D eigenvalue weighted by atomic mass is 16.5. The molecule has 114 valence electrons. The van der Waals surface area contributed by atoms with E-state index in [9.17, 15) is 14.7 Å². The van der Waals surface area contributed by atoms with Crippen LogP contribution in [0.4, 0.5) is 0 Å². The van der Waals surface area contributed by atoms with Crippen LogP contribution in [0.25, 0.3) is 0 Å². The van der Waals surface area contributed by atoms with E-state index in [1.165, 1.54) is 0 Å². The molecule has 0 saturated carbocycles. The van der Waals surface area contributed by atoms with Gasteiger partial charge in [0, 0.05) is 19.6 Å². The van der Waals surface area contributed by atoms with Crippen molar-refractivity contribution in [1.82, 2.24) is 9.80 Å². The Morgan fingerprint density at radius 3 is 2.45 bits per heavy atom. The van der Waals surface area contributed by atoms with Crippen LogP contribution >= 0.6 is 0 Å². The smallest absolute Gasteiger partial charge is 0.323 e. The maximum atomic E-state index is 12.5. The lowest BCUT2D eigenvalue weighted by Crippen LogP contribution is -2.62. The molecule has 0 spiro atoms. The second-order valence-corrected chi connectivity index (χ2v) is 5.84. The van der Waals surface area contributed by atoms with Crippen molar-refractivity contribution >= 4 is 11.9 Å². The normalized spacial score (nSPS) is 30.0. The molecule has 0 radical (unpaired) electrons. The van der Waals surface area contributed by atoms with E-state index in [0.717, 1.165) is 12.8 Å². The van der Waals surface area contributed by atoms with Crippen LogP contribution in [0, 0.1) is 0 Å². The van der Waals surface area contributed by atoms with Gasteiger partial charge < -0.3 is 14.7 Å². The quantitative estimate of drug-likeness (QED) is 0.820. The predicted molar refractivity (Wildman–Crippen MR) is 73.5 cm³/mol. The Morgan fingerprint density at radius 1 is 1.20 bits per heavy atom. The highest BCUT2D eigenvalue weighted by molar-refractivity contribution is 5.84. The molecule has 2 rings (SSSR count). The molecule has 2 atom stereocenters. The molecule has 2 unspecified atom stereocenters. The number of hydrogen-bond acceptors (Lipinski definition) is 4. The second-order valence-electron chi connectivity index (χ2n) is 5.84. The van der Waals surface area contributed by atoms with E-state index >= 15 is 0 Å². The largest absolute Gasteiger partial charge is 0.480 e. The van der Waals surface area contributed by atoms with Gasteiger partial charge in [-0.2, -0.15) is 0 Å². The van der Waals surface area contributed by atoms with E-state index in [1.54, 1.807) is 11.8 Å². The number of morpholine rings is 1. The molecule has 2 aliphatic rings. The van der Waals surface area contributed by atoms with E-state index in [-0.39, 0.29) is 5.91 Å². The number of amides is 1. The summed E-state index contributed by atoms with van der Waals surface area (Å²) >= 11 is 0. The molecule has 2 fully saturated rings. The van der Waals surface area contributed by atoms with E-state index in [0.29, 0.717) is 39.3 Å². The Kier molecular flexibility index (Phi) is 4.65. The van der Waals surface area contributed by atoms with Crippen LogP contribution in [0.3, 0.4) is 0 Å². The monoisotopic (exact) mass is 284 g/mol. The molecule has 6 heteroatoms. The molecular weight excluding hydrogens is 260 g/mol. The third-order valence-corrected chi connectivity index (χ3v) is 4.55. The van der Waals surface area contributed by atoms with Crippen LogP contribution < -0.4 is 0 Å². The lowest BCUT2D eigenvalue weighted by molar-refractivity contribution is -0.159. The third-order valence-electron chi connectivity index (χ3n) is 4.55. The number of aliphatic carboxylic acids is 1. The van der Waals surface area contributed by atoms with E-state index in [4.69, 9.17) is 4.74 Å². The fraction of sp³-hybridized carbons (Fsp3) is 0.857. The van der Waals surface area contributed by atoms with Gasteiger partial charge in [0.2, 0.25) is 5.91 Å². The summed E-state index contributed by atoms with van der Waals surface area (Å²) in [5.74, 6) is -0.818. The molecular formula is C14H24N2O4. The van der Waals surface area contributed by atoms with Gasteiger partial charge in [0.25, 0.3) is 0 Å². The van der Waals surface area contributed by atoms with Gasteiger partial charge in [0.05, 0.1) is 19.3 Å². The number of carbonyl (C=O) groups excluding carboxylic acids is 1. The van der Waals surface area contributed by atoms with Crippen LogP contribution in [0.5, 0.6) is 0 Å². The van der Waals surface area contributed by atoms with Crippen molar-refractivity contribution in [1.29, 1.82) is 0 Å². The lowest BCUT2D eigenvalue weighted by atomic mass is 9.87. The van der Waals surface area contributed by atoms with Crippen molar-refractivity contribution in [3.8, 4) is 0 Å². The highest BCUT2D eigenvalue weighted by Crippen LogP contribution is 2.30. The standard InChI is InChI=1S/C14H24N2O4/c1-11(12(17)15-7-9-20-10-8-15)16-6-4-3-5-14(16,2)13(18)19/h11H,3-10H2,1-2H3,(H,18,19). The predicted octanol–water partition coefficient (Wildman–Crippen LogP) is 0.563. The van der Waals surface area contributed by atoms with Crippen LogP contribution in [0.1, 0.15) is 33.1 Å². The molecule has 6 nitrogen and oxygen atoms in total. The summed E-state index contributed by atoms with van der Waals surface area (Å²) in [6.07, 6.45) is 2.45. The minimum atomic E-state index is -0.931. The zero-order valence-corrected chi connectivity index (χ0v) is 12.3. The Morgan fingerprint density at radius 2 is 1.85 bits per heavy atom. The summed E-state index contributed by atoms with van der Waals surface area (Å²) in [6.45, 7) is 6.55. The van der Waals surface area contributed by atoms with Crippen molar-refractivity contribution in [3.63, 3.8) is 0 Å². The first-order chi connectivity index (χ1) is 9.47. The zero-order valence-electron chi connectivity index (χ0n) is 12.3. The molecule has 2 saturated heterocycles. The average molecular weight is 284 g/mol. The number of likely N-dealkylation sites (tertiary alicyclic amines) is 1. The molecule has 1 amide bonds. The summed E-state index contributed by atoms with van der Waals surface area (Å²) in [6, 6.07) is -0.394. The van der Waals surface area contributed by atoms with E-state index < -0.39 is 17.6 Å². The number of nitrogens with zero attached hydrogens (tertiary/aromatic N) is 2. The van der Waals surface area contributed by atoms with Gasteiger partial charge in [-0.15, -0.1) is 0 Å². The number of ether oxygens (including phenoxy) is 1. The molecule has 0 bridgehead atoms. The van der Waals surface area contributed by atoms with Gasteiger partial charge in [-0.1, -0.05) is 0 Å². The first kappa shape index (κ1) is 15.3. The number of piperidine rings is 1. The number of carbonyl (C=O) groups is 2. The number of hydrogen-bond donors (Lipinski definition) is 1. The lowest BCUT2D eigenvalue weighted by Gasteiger charge is -2.45. The van der Waals surface area contributed by atoms with Gasteiger partial charge >= 0.3 is 5.97 Å². The number of rotatable bonds is 3. The molecule has 0 aliphatic carbocycles. The average Bonchev–Trinajstić information content (AvgIpc) is 2.47. The fourth-order valence-electron chi connectivity index (χ4n) is 3.17. The first-order valence-electron chi connectivity index (χ1n) is 7.33. The fourth-order valence-corrected chi connectivity index (χ4v) is 3.17. The molecule has 2 heterocycles. The molecule has 0 aromatic heterocycles. The molecule has 1 N–H and O–H groups in total. The summed E-state index contributed by atoms with van der Waals surface area (Å²) in [7, 11) is 0. The van der Waals surface area contributed by atoms with Gasteiger partial charge in [0.15, 0.2) is 0 Å². The Hall–Kier alpha value is -1.14. The van der Waals surface area contributed by atoms with Crippen molar-refractivity contribution in [3.05, 3.63) is 0 Å². The maximum absolute atomic E-state index is 12.5. The zero-order chi connectivity index (χ0) is 14.8. The Bertz CT molecular complexity index is 381. The summed E-state index contributed by atoms with van der Waals surface area (Å²) in [4.78, 5) is 27.8. The first-order valence-corrected chi connectivity index (χ1v) is 7.33. The Labute approximate surface area is 119 Å². The third kappa shape index (κ3) is 2.81. The van der Waals surface area contributed by atoms with Crippen molar-refractivity contribution in [2.45, 2.75) is 44.7 Å². The number of carboxylic acid groups (broad SMARTS) is 1. The van der Waals surface area contributed by atoms with Crippen LogP contribution in [-0.4, -0.2) is 71.2 Å². The van der Waals surface area contributed by atoms with Gasteiger partial charge in [-0.05, 0) is 33.1 Å². The van der Waals surface area contributed by atoms with Crippen molar-refractivity contribution < 1.29 is 19.4 Å². The van der Waals surface area contributed by atoms with Crippen molar-refractivity contribution in [2.75, 3.05) is 32.8 Å².